The summed E-state index contributed by atoms with van der Waals surface area (Å²) in [4.78, 5) is 11.3. The van der Waals surface area contributed by atoms with Gasteiger partial charge < -0.3 is 9.84 Å². The van der Waals surface area contributed by atoms with Crippen LogP contribution >= 0.6 is 0 Å². The molecule has 0 amide bonds. The fourth-order valence-electron chi connectivity index (χ4n) is 2.85. The van der Waals surface area contributed by atoms with Crippen molar-refractivity contribution in [3.8, 4) is 11.5 Å². The van der Waals surface area contributed by atoms with Crippen molar-refractivity contribution in [2.75, 3.05) is 26.7 Å². The largest absolute Gasteiger partial charge is 0.334 e. The molecule has 1 aliphatic heterocycles. The molecule has 2 aromatic heterocycles. The van der Waals surface area contributed by atoms with E-state index < -0.39 is 0 Å². The molecule has 112 valence electrons. The number of pyridine rings is 1. The van der Waals surface area contributed by atoms with Crippen molar-refractivity contribution in [3.05, 3.63) is 42.4 Å². The Hall–Kier alpha value is -2.31. The van der Waals surface area contributed by atoms with Crippen LogP contribution in [0.1, 0.15) is 11.9 Å². The van der Waals surface area contributed by atoms with Gasteiger partial charge in [0.2, 0.25) is 0 Å². The van der Waals surface area contributed by atoms with Crippen LogP contribution in [0.2, 0.25) is 0 Å². The van der Waals surface area contributed by atoms with E-state index in [0.717, 1.165) is 41.9 Å². The number of hydrogen-bond acceptors (Lipinski definition) is 6. The number of aromatic nitrogens is 3. The van der Waals surface area contributed by atoms with Crippen molar-refractivity contribution in [1.29, 1.82) is 0 Å². The molecule has 3 heterocycles. The maximum atomic E-state index is 5.50. The lowest BCUT2D eigenvalue weighted by Gasteiger charge is -2.30. The van der Waals surface area contributed by atoms with Gasteiger partial charge in [-0.05, 0) is 19.2 Å². The normalized spacial score (nSPS) is 19.6. The van der Waals surface area contributed by atoms with Crippen molar-refractivity contribution in [2.45, 2.75) is 6.04 Å². The zero-order valence-electron chi connectivity index (χ0n) is 12.4. The molecule has 0 spiro atoms. The van der Waals surface area contributed by atoms with Crippen LogP contribution in [0, 0.1) is 0 Å². The summed E-state index contributed by atoms with van der Waals surface area (Å²) in [6, 6.07) is 10.1. The second-order valence-corrected chi connectivity index (χ2v) is 5.54. The predicted molar refractivity (Wildman–Crippen MR) is 83.3 cm³/mol. The first-order valence-electron chi connectivity index (χ1n) is 7.41. The van der Waals surface area contributed by atoms with Crippen LogP contribution in [0.25, 0.3) is 22.4 Å². The van der Waals surface area contributed by atoms with Gasteiger partial charge in [-0.2, -0.15) is 4.98 Å². The number of para-hydroxylation sites is 1. The average molecular weight is 295 g/mol. The highest BCUT2D eigenvalue weighted by Crippen LogP contribution is 2.27. The van der Waals surface area contributed by atoms with Crippen molar-refractivity contribution in [3.63, 3.8) is 0 Å². The minimum absolute atomic E-state index is 0.147. The molecule has 6 heteroatoms. The van der Waals surface area contributed by atoms with Crippen molar-refractivity contribution >= 4 is 10.9 Å². The zero-order chi connectivity index (χ0) is 14.9. The number of fused-ring (bicyclic) bond motifs is 1. The van der Waals surface area contributed by atoms with Gasteiger partial charge in [0.25, 0.3) is 5.89 Å². The van der Waals surface area contributed by atoms with E-state index in [4.69, 9.17) is 4.52 Å². The standard InChI is InChI=1S/C16H17N5O/c1-21-9-8-17-10-13(21)15-19-16(22-20-15)12-6-2-4-11-5-3-7-18-14(11)12/h2-7,13,17H,8-10H2,1H3. The summed E-state index contributed by atoms with van der Waals surface area (Å²) in [5.41, 5.74) is 1.76. The first kappa shape index (κ1) is 13.4. The van der Waals surface area contributed by atoms with E-state index in [2.05, 4.69) is 32.4 Å². The smallest absolute Gasteiger partial charge is 0.260 e. The lowest BCUT2D eigenvalue weighted by atomic mass is 10.1. The summed E-state index contributed by atoms with van der Waals surface area (Å²) >= 11 is 0. The first-order valence-corrected chi connectivity index (χ1v) is 7.41. The fourth-order valence-corrected chi connectivity index (χ4v) is 2.85. The van der Waals surface area contributed by atoms with Gasteiger partial charge in [0.05, 0.1) is 17.1 Å². The SMILES string of the molecule is CN1CCNCC1c1noc(-c2cccc3cccnc23)n1. The molecular weight excluding hydrogens is 278 g/mol. The summed E-state index contributed by atoms with van der Waals surface area (Å²) in [6.07, 6.45) is 1.78. The van der Waals surface area contributed by atoms with E-state index in [-0.39, 0.29) is 6.04 Å². The minimum Gasteiger partial charge on any atom is -0.334 e. The molecule has 4 rings (SSSR count). The zero-order valence-corrected chi connectivity index (χ0v) is 12.4. The Kier molecular flexibility index (Phi) is 3.32. The van der Waals surface area contributed by atoms with Gasteiger partial charge in [0.1, 0.15) is 0 Å². The third-order valence-corrected chi connectivity index (χ3v) is 4.11. The number of benzene rings is 1. The van der Waals surface area contributed by atoms with E-state index in [9.17, 15) is 0 Å². The van der Waals surface area contributed by atoms with Gasteiger partial charge in [0, 0.05) is 31.2 Å². The van der Waals surface area contributed by atoms with Gasteiger partial charge in [0.15, 0.2) is 5.82 Å². The Morgan fingerprint density at radius 3 is 3.09 bits per heavy atom. The Balaban J connectivity index is 1.74. The molecule has 1 saturated heterocycles. The lowest BCUT2D eigenvalue weighted by molar-refractivity contribution is 0.190. The number of rotatable bonds is 2. The van der Waals surface area contributed by atoms with Crippen molar-refractivity contribution in [1.82, 2.24) is 25.3 Å². The summed E-state index contributed by atoms with van der Waals surface area (Å²) in [6.45, 7) is 2.80. The van der Waals surface area contributed by atoms with Gasteiger partial charge in [-0.15, -0.1) is 0 Å². The Morgan fingerprint density at radius 2 is 2.18 bits per heavy atom. The fraction of sp³-hybridized carbons (Fsp3) is 0.312. The molecule has 1 atom stereocenters. The first-order chi connectivity index (χ1) is 10.8. The highest BCUT2D eigenvalue weighted by atomic mass is 16.5. The Bertz CT molecular complexity index is 795. The molecular formula is C16H17N5O. The van der Waals surface area contributed by atoms with Crippen LogP contribution in [-0.4, -0.2) is 46.7 Å². The summed E-state index contributed by atoms with van der Waals surface area (Å²) in [5, 5.41) is 8.61. The number of nitrogens with zero attached hydrogens (tertiary/aromatic N) is 4. The van der Waals surface area contributed by atoms with Crippen LogP contribution in [0.5, 0.6) is 0 Å². The van der Waals surface area contributed by atoms with Crippen molar-refractivity contribution in [2.24, 2.45) is 0 Å². The molecule has 1 unspecified atom stereocenters. The highest BCUT2D eigenvalue weighted by molar-refractivity contribution is 5.91. The molecule has 6 nitrogen and oxygen atoms in total. The maximum Gasteiger partial charge on any atom is 0.260 e. The highest BCUT2D eigenvalue weighted by Gasteiger charge is 2.25. The maximum absolute atomic E-state index is 5.50. The molecule has 1 N–H and O–H groups in total. The van der Waals surface area contributed by atoms with E-state index >= 15 is 0 Å². The number of likely N-dealkylation sites (N-methyl/N-ethyl adjacent to an activating group) is 1. The molecule has 0 saturated carbocycles. The molecule has 0 aliphatic carbocycles. The molecule has 3 aromatic rings. The lowest BCUT2D eigenvalue weighted by Crippen LogP contribution is -2.44. The van der Waals surface area contributed by atoms with Crippen LogP contribution in [-0.2, 0) is 0 Å². The summed E-state index contributed by atoms with van der Waals surface area (Å²) in [7, 11) is 2.08. The molecule has 1 fully saturated rings. The number of hydrogen-bond donors (Lipinski definition) is 1. The third kappa shape index (κ3) is 2.26. The van der Waals surface area contributed by atoms with E-state index in [1.54, 1.807) is 6.20 Å². The van der Waals surface area contributed by atoms with E-state index in [1.807, 2.05) is 30.3 Å². The Morgan fingerprint density at radius 1 is 1.27 bits per heavy atom. The molecule has 0 radical (unpaired) electrons. The number of piperazine rings is 1. The monoisotopic (exact) mass is 295 g/mol. The second-order valence-electron chi connectivity index (χ2n) is 5.54. The van der Waals surface area contributed by atoms with Gasteiger partial charge >= 0.3 is 0 Å². The van der Waals surface area contributed by atoms with Crippen molar-refractivity contribution < 1.29 is 4.52 Å². The third-order valence-electron chi connectivity index (χ3n) is 4.11. The van der Waals surface area contributed by atoms with E-state index in [1.165, 1.54) is 0 Å². The van der Waals surface area contributed by atoms with Crippen LogP contribution in [0.15, 0.2) is 41.1 Å². The van der Waals surface area contributed by atoms with Crippen LogP contribution in [0.3, 0.4) is 0 Å². The Labute approximate surface area is 128 Å². The minimum atomic E-state index is 0.147. The van der Waals surface area contributed by atoms with Crippen LogP contribution < -0.4 is 5.32 Å². The quantitative estimate of drug-likeness (QED) is 0.778. The molecule has 0 bridgehead atoms. The molecule has 1 aromatic carbocycles. The average Bonchev–Trinajstić information content (AvgIpc) is 3.04. The summed E-state index contributed by atoms with van der Waals surface area (Å²) < 4.78 is 5.50. The second kappa shape index (κ2) is 5.47. The topological polar surface area (TPSA) is 67.1 Å². The van der Waals surface area contributed by atoms with Gasteiger partial charge in [-0.25, -0.2) is 0 Å². The predicted octanol–water partition coefficient (Wildman–Crippen LogP) is 1.86. The summed E-state index contributed by atoms with van der Waals surface area (Å²) in [5.74, 6) is 1.25. The molecule has 22 heavy (non-hydrogen) atoms. The van der Waals surface area contributed by atoms with Crippen LogP contribution in [0.4, 0.5) is 0 Å². The van der Waals surface area contributed by atoms with Gasteiger partial charge in [-0.1, -0.05) is 23.4 Å². The van der Waals surface area contributed by atoms with E-state index in [0.29, 0.717) is 5.89 Å². The number of nitrogens with one attached hydrogen (secondary N) is 1. The van der Waals surface area contributed by atoms with Gasteiger partial charge in [-0.3, -0.25) is 9.88 Å². The molecule has 1 aliphatic rings.